The molecule has 3 heterocycles. The van der Waals surface area contributed by atoms with Gasteiger partial charge in [-0.15, -0.1) is 5.10 Å². The molecule has 1 fully saturated rings. The van der Waals surface area contributed by atoms with Crippen molar-refractivity contribution in [2.24, 2.45) is 5.92 Å². The minimum atomic E-state index is -0.333. The number of aromatic nitrogens is 5. The minimum Gasteiger partial charge on any atom is -0.497 e. The lowest BCUT2D eigenvalue weighted by molar-refractivity contribution is 0.141. The van der Waals surface area contributed by atoms with E-state index in [9.17, 15) is 4.79 Å². The van der Waals surface area contributed by atoms with Crippen molar-refractivity contribution in [2.75, 3.05) is 20.2 Å². The van der Waals surface area contributed by atoms with Crippen LogP contribution in [0.15, 0.2) is 47.3 Å². The first kappa shape index (κ1) is 23.2. The number of nitrogens with zero attached hydrogens (tertiary/aromatic N) is 5. The zero-order valence-electron chi connectivity index (χ0n) is 20.8. The van der Waals surface area contributed by atoms with E-state index in [0.29, 0.717) is 23.9 Å². The Morgan fingerprint density at radius 3 is 2.71 bits per heavy atom. The molecule has 1 N–H and O–H groups in total. The van der Waals surface area contributed by atoms with Crippen LogP contribution in [0.25, 0.3) is 10.9 Å². The van der Waals surface area contributed by atoms with E-state index in [-0.39, 0.29) is 11.6 Å². The fourth-order valence-electron chi connectivity index (χ4n) is 5.13. The second-order valence-corrected chi connectivity index (χ2v) is 9.71. The Labute approximate surface area is 204 Å². The van der Waals surface area contributed by atoms with Crippen molar-refractivity contribution in [1.82, 2.24) is 30.1 Å². The number of ether oxygens (including phenoxy) is 1. The van der Waals surface area contributed by atoms with Crippen molar-refractivity contribution in [3.8, 4) is 5.75 Å². The van der Waals surface area contributed by atoms with E-state index >= 15 is 0 Å². The maximum Gasteiger partial charge on any atom is 0.253 e. The van der Waals surface area contributed by atoms with Crippen LogP contribution in [-0.4, -0.2) is 50.3 Å². The fraction of sp³-hybridized carbons (Fsp3) is 0.407. The van der Waals surface area contributed by atoms with Crippen LogP contribution >= 0.6 is 0 Å². The van der Waals surface area contributed by atoms with Crippen LogP contribution in [0, 0.1) is 19.8 Å². The highest BCUT2D eigenvalue weighted by Crippen LogP contribution is 2.31. The van der Waals surface area contributed by atoms with Gasteiger partial charge >= 0.3 is 0 Å². The van der Waals surface area contributed by atoms with Gasteiger partial charge in [0.15, 0.2) is 5.82 Å². The molecule has 8 nitrogen and oxygen atoms in total. The number of pyridine rings is 1. The van der Waals surface area contributed by atoms with Crippen molar-refractivity contribution >= 4 is 10.9 Å². The summed E-state index contributed by atoms with van der Waals surface area (Å²) in [6.45, 7) is 8.67. The summed E-state index contributed by atoms with van der Waals surface area (Å²) in [7, 11) is 1.66. The Bertz CT molecular complexity index is 1390. The molecule has 182 valence electrons. The molecule has 5 rings (SSSR count). The van der Waals surface area contributed by atoms with Crippen molar-refractivity contribution < 1.29 is 4.74 Å². The van der Waals surface area contributed by atoms with Crippen molar-refractivity contribution in [3.63, 3.8) is 0 Å². The predicted octanol–water partition coefficient (Wildman–Crippen LogP) is 4.01. The SMILES string of the molecule is COc1ccc(Cn2nnnc2[C@H](c2cc3ccc(C)c(C)c3[nH]c2=O)N2CCC[C@H](C)C2)cc1. The van der Waals surface area contributed by atoms with Gasteiger partial charge in [0, 0.05) is 12.1 Å². The summed E-state index contributed by atoms with van der Waals surface area (Å²) in [4.78, 5) is 19.1. The Balaban J connectivity index is 1.60. The molecular formula is C27H32N6O2. The highest BCUT2D eigenvalue weighted by molar-refractivity contribution is 5.83. The van der Waals surface area contributed by atoms with Crippen LogP contribution in [0.3, 0.4) is 0 Å². The third kappa shape index (κ3) is 4.58. The van der Waals surface area contributed by atoms with E-state index in [4.69, 9.17) is 4.74 Å². The molecule has 0 bridgehead atoms. The van der Waals surface area contributed by atoms with E-state index < -0.39 is 0 Å². The summed E-state index contributed by atoms with van der Waals surface area (Å²) in [5.41, 5.74) is 4.80. The second-order valence-electron chi connectivity index (χ2n) is 9.71. The molecule has 1 aliphatic heterocycles. The number of rotatable bonds is 6. The first-order valence-corrected chi connectivity index (χ1v) is 12.2. The molecule has 0 spiro atoms. The summed E-state index contributed by atoms with van der Waals surface area (Å²) in [5, 5.41) is 13.8. The lowest BCUT2D eigenvalue weighted by Crippen LogP contribution is -2.41. The molecule has 1 saturated heterocycles. The average Bonchev–Trinajstić information content (AvgIpc) is 3.30. The minimum absolute atomic E-state index is 0.0894. The number of methoxy groups -OCH3 is 1. The molecule has 2 aromatic carbocycles. The summed E-state index contributed by atoms with van der Waals surface area (Å²) >= 11 is 0. The summed E-state index contributed by atoms with van der Waals surface area (Å²) in [5.74, 6) is 2.03. The van der Waals surface area contributed by atoms with Gasteiger partial charge < -0.3 is 9.72 Å². The number of likely N-dealkylation sites (tertiary alicyclic amines) is 1. The van der Waals surface area contributed by atoms with E-state index in [2.05, 4.69) is 51.4 Å². The topological polar surface area (TPSA) is 88.9 Å². The largest absolute Gasteiger partial charge is 0.497 e. The quantitative estimate of drug-likeness (QED) is 0.456. The number of H-pyrrole nitrogens is 1. The normalized spacial score (nSPS) is 17.5. The van der Waals surface area contributed by atoms with E-state index in [1.807, 2.05) is 41.9 Å². The third-order valence-corrected chi connectivity index (χ3v) is 7.22. The van der Waals surface area contributed by atoms with Gasteiger partial charge in [-0.2, -0.15) is 0 Å². The Kier molecular flexibility index (Phi) is 6.38. The molecule has 0 radical (unpaired) electrons. The highest BCUT2D eigenvalue weighted by Gasteiger charge is 2.33. The van der Waals surface area contributed by atoms with E-state index in [0.717, 1.165) is 52.9 Å². The number of fused-ring (bicyclic) bond motifs is 1. The number of nitrogens with one attached hydrogen (secondary N) is 1. The molecule has 0 unspecified atom stereocenters. The van der Waals surface area contributed by atoms with Crippen LogP contribution in [0.4, 0.5) is 0 Å². The number of aryl methyl sites for hydroxylation is 2. The molecular weight excluding hydrogens is 440 g/mol. The van der Waals surface area contributed by atoms with Crippen molar-refractivity contribution in [2.45, 2.75) is 46.2 Å². The van der Waals surface area contributed by atoms with Gasteiger partial charge in [-0.05, 0) is 89.9 Å². The zero-order valence-corrected chi connectivity index (χ0v) is 20.8. The lowest BCUT2D eigenvalue weighted by Gasteiger charge is -2.36. The molecule has 1 aliphatic rings. The monoisotopic (exact) mass is 472 g/mol. The molecule has 0 amide bonds. The van der Waals surface area contributed by atoms with Crippen molar-refractivity contribution in [3.05, 3.63) is 80.9 Å². The Morgan fingerprint density at radius 1 is 1.17 bits per heavy atom. The van der Waals surface area contributed by atoms with Gasteiger partial charge in [0.1, 0.15) is 11.8 Å². The first-order chi connectivity index (χ1) is 16.9. The van der Waals surface area contributed by atoms with Crippen molar-refractivity contribution in [1.29, 1.82) is 0 Å². The Hall–Kier alpha value is -3.52. The van der Waals surface area contributed by atoms with E-state index in [1.54, 1.807) is 7.11 Å². The van der Waals surface area contributed by atoms with Gasteiger partial charge in [-0.25, -0.2) is 4.68 Å². The number of aromatic amines is 1. The maximum absolute atomic E-state index is 13.5. The molecule has 2 aromatic heterocycles. The number of piperidine rings is 1. The molecule has 4 aromatic rings. The van der Waals surface area contributed by atoms with Crippen LogP contribution < -0.4 is 10.3 Å². The molecule has 0 aliphatic carbocycles. The number of hydrogen-bond donors (Lipinski definition) is 1. The smallest absolute Gasteiger partial charge is 0.253 e. The van der Waals surface area contributed by atoms with Crippen LogP contribution in [0.1, 0.15) is 53.9 Å². The van der Waals surface area contributed by atoms with Gasteiger partial charge in [0.25, 0.3) is 5.56 Å². The van der Waals surface area contributed by atoms with Gasteiger partial charge in [0.05, 0.1) is 19.2 Å². The number of tetrazole rings is 1. The standard InChI is InChI=1S/C27H32N6O2/c1-17-6-5-13-32(15-17)25(23-14-21-10-7-18(2)19(3)24(21)28-27(23)34)26-29-30-31-33(26)16-20-8-11-22(35-4)12-9-20/h7-12,14,17,25H,5-6,13,15-16H2,1-4H3,(H,28,34)/t17-,25-/m0/s1. The van der Waals surface area contributed by atoms with Crippen LogP contribution in [0.2, 0.25) is 0 Å². The first-order valence-electron chi connectivity index (χ1n) is 12.2. The second kappa shape index (κ2) is 9.62. The van der Waals surface area contributed by atoms with E-state index in [1.165, 1.54) is 6.42 Å². The fourth-order valence-corrected chi connectivity index (χ4v) is 5.13. The summed E-state index contributed by atoms with van der Waals surface area (Å²) in [6, 6.07) is 13.8. The molecule has 35 heavy (non-hydrogen) atoms. The molecule has 2 atom stereocenters. The Morgan fingerprint density at radius 2 is 1.97 bits per heavy atom. The van der Waals surface area contributed by atoms with Crippen LogP contribution in [0.5, 0.6) is 5.75 Å². The van der Waals surface area contributed by atoms with Gasteiger partial charge in [-0.3, -0.25) is 9.69 Å². The number of hydrogen-bond acceptors (Lipinski definition) is 6. The predicted molar refractivity (Wildman–Crippen MR) is 136 cm³/mol. The maximum atomic E-state index is 13.5. The molecule has 8 heteroatoms. The number of benzene rings is 2. The summed E-state index contributed by atoms with van der Waals surface area (Å²) in [6.07, 6.45) is 2.27. The van der Waals surface area contributed by atoms with Crippen LogP contribution in [-0.2, 0) is 6.54 Å². The highest BCUT2D eigenvalue weighted by atomic mass is 16.5. The average molecular weight is 473 g/mol. The van der Waals surface area contributed by atoms with Gasteiger partial charge in [-0.1, -0.05) is 31.2 Å². The molecule has 0 saturated carbocycles. The third-order valence-electron chi connectivity index (χ3n) is 7.22. The zero-order chi connectivity index (χ0) is 24.5. The van der Waals surface area contributed by atoms with Gasteiger partial charge in [0.2, 0.25) is 0 Å². The summed E-state index contributed by atoms with van der Waals surface area (Å²) < 4.78 is 7.10. The lowest BCUT2D eigenvalue weighted by atomic mass is 9.95.